The van der Waals surface area contributed by atoms with Crippen LogP contribution in [-0.4, -0.2) is 57.2 Å². The monoisotopic (exact) mass is 305 g/mol. The van der Waals surface area contributed by atoms with Crippen molar-refractivity contribution in [3.8, 4) is 0 Å². The van der Waals surface area contributed by atoms with E-state index in [-0.39, 0.29) is 11.9 Å². The lowest BCUT2D eigenvalue weighted by Gasteiger charge is -2.36. The van der Waals surface area contributed by atoms with Crippen molar-refractivity contribution in [2.75, 3.05) is 26.2 Å². The molecule has 22 heavy (non-hydrogen) atoms. The predicted octanol–water partition coefficient (Wildman–Crippen LogP) is 1.19. The van der Waals surface area contributed by atoms with Gasteiger partial charge in [0.25, 0.3) is 5.91 Å². The Kier molecular flexibility index (Phi) is 3.93. The normalized spacial score (nSPS) is 17.7. The second-order valence-corrected chi connectivity index (χ2v) is 5.50. The number of aromatic nitrogens is 3. The summed E-state index contributed by atoms with van der Waals surface area (Å²) in [5.41, 5.74) is 0.711. The van der Waals surface area contributed by atoms with Gasteiger partial charge in [-0.15, -0.1) is 10.2 Å². The maximum Gasteiger partial charge on any atom is 0.292 e. The van der Waals surface area contributed by atoms with Gasteiger partial charge in [-0.3, -0.25) is 9.69 Å². The number of rotatable bonds is 3. The minimum Gasteiger partial charge on any atom is -0.424 e. The van der Waals surface area contributed by atoms with Crippen molar-refractivity contribution in [3.05, 3.63) is 29.3 Å². The zero-order valence-electron chi connectivity index (χ0n) is 12.9. The standard InChI is InChI=1S/C14H19N5O3/c1-9-8-12(22-17-9)14(20)19-6-4-18(5-7-19)10(2)13-16-15-11(3)21-13/h8,10H,4-7H2,1-3H3/t10-/m0/s1. The third-order valence-corrected chi connectivity index (χ3v) is 3.89. The van der Waals surface area contributed by atoms with Crippen LogP contribution in [0.25, 0.3) is 0 Å². The molecule has 0 radical (unpaired) electrons. The first kappa shape index (κ1) is 14.7. The van der Waals surface area contributed by atoms with Crippen LogP contribution in [0.5, 0.6) is 0 Å². The first-order valence-corrected chi connectivity index (χ1v) is 7.31. The molecule has 1 amide bonds. The molecule has 0 spiro atoms. The lowest BCUT2D eigenvalue weighted by molar-refractivity contribution is 0.0521. The Bertz CT molecular complexity index is 657. The van der Waals surface area contributed by atoms with E-state index in [1.807, 2.05) is 6.92 Å². The molecule has 2 aromatic rings. The number of carbonyl (C=O) groups is 1. The molecule has 118 valence electrons. The molecular weight excluding hydrogens is 286 g/mol. The van der Waals surface area contributed by atoms with Crippen molar-refractivity contribution in [2.45, 2.75) is 26.8 Å². The molecule has 8 nitrogen and oxygen atoms in total. The number of nitrogens with zero attached hydrogens (tertiary/aromatic N) is 5. The predicted molar refractivity (Wildman–Crippen MR) is 76.2 cm³/mol. The third kappa shape index (κ3) is 2.87. The average Bonchev–Trinajstić information content (AvgIpc) is 3.14. The highest BCUT2D eigenvalue weighted by Crippen LogP contribution is 2.21. The van der Waals surface area contributed by atoms with E-state index in [1.54, 1.807) is 24.8 Å². The second kappa shape index (κ2) is 5.88. The molecule has 0 unspecified atom stereocenters. The molecule has 0 aliphatic carbocycles. The van der Waals surface area contributed by atoms with Crippen LogP contribution >= 0.6 is 0 Å². The van der Waals surface area contributed by atoms with Gasteiger partial charge in [-0.2, -0.15) is 0 Å². The fourth-order valence-electron chi connectivity index (χ4n) is 2.57. The Labute approximate surface area is 128 Å². The zero-order chi connectivity index (χ0) is 15.7. The lowest BCUT2D eigenvalue weighted by atomic mass is 10.2. The molecule has 1 saturated heterocycles. The third-order valence-electron chi connectivity index (χ3n) is 3.89. The fourth-order valence-corrected chi connectivity index (χ4v) is 2.57. The van der Waals surface area contributed by atoms with Gasteiger partial charge in [0.2, 0.25) is 17.5 Å². The van der Waals surface area contributed by atoms with Crippen LogP contribution in [0.3, 0.4) is 0 Å². The maximum absolute atomic E-state index is 12.3. The molecule has 1 aliphatic heterocycles. The minimum absolute atomic E-state index is 0.0472. The molecular formula is C14H19N5O3. The van der Waals surface area contributed by atoms with Crippen molar-refractivity contribution in [2.24, 2.45) is 0 Å². The topological polar surface area (TPSA) is 88.5 Å². The molecule has 3 heterocycles. The van der Waals surface area contributed by atoms with E-state index < -0.39 is 0 Å². The summed E-state index contributed by atoms with van der Waals surface area (Å²) >= 11 is 0. The highest BCUT2D eigenvalue weighted by molar-refractivity contribution is 5.91. The van der Waals surface area contributed by atoms with Gasteiger partial charge in [0.05, 0.1) is 11.7 Å². The van der Waals surface area contributed by atoms with Crippen LogP contribution in [-0.2, 0) is 0 Å². The van der Waals surface area contributed by atoms with E-state index >= 15 is 0 Å². The molecule has 1 atom stereocenters. The summed E-state index contributed by atoms with van der Waals surface area (Å²) in [5, 5.41) is 11.7. The Morgan fingerprint density at radius 1 is 1.23 bits per heavy atom. The van der Waals surface area contributed by atoms with Crippen molar-refractivity contribution in [1.82, 2.24) is 25.2 Å². The van der Waals surface area contributed by atoms with E-state index in [2.05, 4.69) is 20.3 Å². The first-order valence-electron chi connectivity index (χ1n) is 7.31. The molecule has 0 aromatic carbocycles. The summed E-state index contributed by atoms with van der Waals surface area (Å²) in [5.74, 6) is 1.37. The lowest BCUT2D eigenvalue weighted by Crippen LogP contribution is -2.49. The van der Waals surface area contributed by atoms with Gasteiger partial charge in [0, 0.05) is 39.2 Å². The van der Waals surface area contributed by atoms with E-state index in [0.29, 0.717) is 36.3 Å². The van der Waals surface area contributed by atoms with Crippen LogP contribution in [0.15, 0.2) is 15.0 Å². The van der Waals surface area contributed by atoms with Gasteiger partial charge >= 0.3 is 0 Å². The molecule has 0 N–H and O–H groups in total. The molecule has 3 rings (SSSR count). The van der Waals surface area contributed by atoms with Crippen LogP contribution in [0.4, 0.5) is 0 Å². The molecule has 1 aliphatic rings. The van der Waals surface area contributed by atoms with Crippen LogP contribution in [0.1, 0.15) is 41.0 Å². The zero-order valence-corrected chi connectivity index (χ0v) is 12.9. The van der Waals surface area contributed by atoms with Gasteiger partial charge in [0.1, 0.15) is 0 Å². The summed E-state index contributed by atoms with van der Waals surface area (Å²) in [6.07, 6.45) is 0. The molecule has 0 saturated carbocycles. The van der Waals surface area contributed by atoms with E-state index in [4.69, 9.17) is 8.94 Å². The number of aryl methyl sites for hydroxylation is 2. The second-order valence-electron chi connectivity index (χ2n) is 5.50. The number of amides is 1. The van der Waals surface area contributed by atoms with E-state index in [0.717, 1.165) is 13.1 Å². The minimum atomic E-state index is -0.110. The number of hydrogen-bond donors (Lipinski definition) is 0. The fraction of sp³-hybridized carbons (Fsp3) is 0.571. The van der Waals surface area contributed by atoms with Crippen molar-refractivity contribution in [3.63, 3.8) is 0 Å². The van der Waals surface area contributed by atoms with E-state index in [1.165, 1.54) is 0 Å². The van der Waals surface area contributed by atoms with Gasteiger partial charge in [-0.1, -0.05) is 5.16 Å². The summed E-state index contributed by atoms with van der Waals surface area (Å²) in [6, 6.07) is 1.71. The first-order chi connectivity index (χ1) is 10.5. The van der Waals surface area contributed by atoms with E-state index in [9.17, 15) is 4.79 Å². The largest absolute Gasteiger partial charge is 0.424 e. The summed E-state index contributed by atoms with van der Waals surface area (Å²) < 4.78 is 10.5. The van der Waals surface area contributed by atoms with Crippen LogP contribution < -0.4 is 0 Å². The molecule has 8 heteroatoms. The number of hydrogen-bond acceptors (Lipinski definition) is 7. The Morgan fingerprint density at radius 3 is 2.50 bits per heavy atom. The summed E-state index contributed by atoms with van der Waals surface area (Å²) in [6.45, 7) is 8.38. The van der Waals surface area contributed by atoms with Crippen LogP contribution in [0, 0.1) is 13.8 Å². The van der Waals surface area contributed by atoms with Gasteiger partial charge in [-0.05, 0) is 13.8 Å². The highest BCUT2D eigenvalue weighted by atomic mass is 16.5. The molecule has 1 fully saturated rings. The number of piperazine rings is 1. The Hall–Kier alpha value is -2.22. The van der Waals surface area contributed by atoms with Crippen LogP contribution in [0.2, 0.25) is 0 Å². The molecule has 2 aromatic heterocycles. The summed E-state index contributed by atoms with van der Waals surface area (Å²) in [7, 11) is 0. The molecule has 0 bridgehead atoms. The van der Waals surface area contributed by atoms with Crippen molar-refractivity contribution >= 4 is 5.91 Å². The summed E-state index contributed by atoms with van der Waals surface area (Å²) in [4.78, 5) is 16.3. The average molecular weight is 305 g/mol. The van der Waals surface area contributed by atoms with Gasteiger partial charge in [-0.25, -0.2) is 0 Å². The smallest absolute Gasteiger partial charge is 0.292 e. The SMILES string of the molecule is Cc1cc(C(=O)N2CCN([C@@H](C)c3nnc(C)o3)CC2)on1. The quantitative estimate of drug-likeness (QED) is 0.841. The van der Waals surface area contributed by atoms with Crippen molar-refractivity contribution < 1.29 is 13.7 Å². The van der Waals surface area contributed by atoms with Gasteiger partial charge in [0.15, 0.2) is 0 Å². The Morgan fingerprint density at radius 2 is 1.95 bits per heavy atom. The number of carbonyl (C=O) groups excluding carboxylic acids is 1. The highest BCUT2D eigenvalue weighted by Gasteiger charge is 2.28. The Balaban J connectivity index is 1.59. The maximum atomic E-state index is 12.3. The van der Waals surface area contributed by atoms with Crippen molar-refractivity contribution in [1.29, 1.82) is 0 Å². The van der Waals surface area contributed by atoms with Gasteiger partial charge < -0.3 is 13.8 Å².